The molecule has 16 heteroatoms. The zero-order valence-corrected chi connectivity index (χ0v) is 23.8. The van der Waals surface area contributed by atoms with Crippen molar-refractivity contribution < 1.29 is 43.0 Å². The summed E-state index contributed by atoms with van der Waals surface area (Å²) in [5.41, 5.74) is 6.18. The van der Waals surface area contributed by atoms with Crippen LogP contribution in [0.4, 0.5) is 9.93 Å². The molecule has 1 aromatic heterocycles. The summed E-state index contributed by atoms with van der Waals surface area (Å²) in [6, 6.07) is -0.961. The number of oxime groups is 1. The van der Waals surface area contributed by atoms with Gasteiger partial charge in [-0.1, -0.05) is 19.0 Å². The number of hydrogen-bond donors (Lipinski definition) is 2. The summed E-state index contributed by atoms with van der Waals surface area (Å²) in [7, 11) is 2.72. The molecule has 3 rings (SSSR count). The summed E-state index contributed by atoms with van der Waals surface area (Å²) in [4.78, 5) is 61.1. The molecule has 3 atom stereocenters. The number of nitrogens with one attached hydrogen (secondary N) is 1. The number of amides is 2. The van der Waals surface area contributed by atoms with E-state index in [1.807, 2.05) is 13.8 Å². The molecule has 1 saturated heterocycles. The van der Waals surface area contributed by atoms with Crippen LogP contribution in [0, 0.1) is 5.92 Å². The SMILES string of the molecule is COCC1=C(C(=O)OC(C)OC(=O)OCCC(C)C)N2C(=O)C(NC(=O)/C(=N\OC)c3csc(N)n3)[C@@H]2SC1. The summed E-state index contributed by atoms with van der Waals surface area (Å²) in [5, 5.41) is 7.51. The molecule has 2 aliphatic rings. The molecule has 0 spiro atoms. The summed E-state index contributed by atoms with van der Waals surface area (Å²) in [6.45, 7) is 5.55. The van der Waals surface area contributed by atoms with Crippen LogP contribution in [0.3, 0.4) is 0 Å². The van der Waals surface area contributed by atoms with Gasteiger partial charge in [-0.2, -0.15) is 0 Å². The molecular formula is C23H31N5O9S2. The highest BCUT2D eigenvalue weighted by Gasteiger charge is 2.55. The quantitative estimate of drug-likeness (QED) is 0.119. The third-order valence-corrected chi connectivity index (χ3v) is 7.47. The lowest BCUT2D eigenvalue weighted by atomic mass is 10.0. The second kappa shape index (κ2) is 13.6. The number of carbonyl (C=O) groups excluding carboxylic acids is 4. The van der Waals surface area contributed by atoms with Gasteiger partial charge in [-0.05, 0) is 17.9 Å². The third kappa shape index (κ3) is 7.39. The number of nitrogen functional groups attached to an aromatic ring is 1. The maximum atomic E-state index is 13.2. The molecule has 1 aromatic rings. The van der Waals surface area contributed by atoms with Crippen LogP contribution in [0.2, 0.25) is 0 Å². The minimum atomic E-state index is -1.28. The van der Waals surface area contributed by atoms with Gasteiger partial charge in [-0.25, -0.2) is 14.6 Å². The largest absolute Gasteiger partial charge is 0.511 e. The first-order chi connectivity index (χ1) is 18.6. The summed E-state index contributed by atoms with van der Waals surface area (Å²) < 4.78 is 20.5. The first kappa shape index (κ1) is 30.2. The fourth-order valence-electron chi connectivity index (χ4n) is 3.64. The fourth-order valence-corrected chi connectivity index (χ4v) is 5.51. The predicted octanol–water partition coefficient (Wildman–Crippen LogP) is 1.46. The molecule has 3 N–H and O–H groups in total. The number of anilines is 1. The number of esters is 1. The topological polar surface area (TPSA) is 181 Å². The van der Waals surface area contributed by atoms with E-state index in [-0.39, 0.29) is 35.4 Å². The Morgan fingerprint density at radius 1 is 1.26 bits per heavy atom. The Morgan fingerprint density at radius 2 is 2.00 bits per heavy atom. The smallest absolute Gasteiger partial charge is 0.434 e. The molecule has 2 aliphatic heterocycles. The monoisotopic (exact) mass is 585 g/mol. The highest BCUT2D eigenvalue weighted by atomic mass is 32.2. The molecule has 39 heavy (non-hydrogen) atoms. The van der Waals surface area contributed by atoms with Gasteiger partial charge in [0.05, 0.1) is 13.2 Å². The number of aromatic nitrogens is 1. The molecule has 1 fully saturated rings. The number of nitrogens with zero attached hydrogens (tertiary/aromatic N) is 3. The molecule has 0 aliphatic carbocycles. The van der Waals surface area contributed by atoms with E-state index in [1.165, 1.54) is 43.2 Å². The van der Waals surface area contributed by atoms with E-state index in [1.54, 1.807) is 0 Å². The van der Waals surface area contributed by atoms with Gasteiger partial charge in [0.1, 0.15) is 29.9 Å². The van der Waals surface area contributed by atoms with Crippen molar-refractivity contribution in [2.45, 2.75) is 44.9 Å². The van der Waals surface area contributed by atoms with Crippen molar-refractivity contribution in [2.75, 3.05) is 38.9 Å². The number of ether oxygens (including phenoxy) is 4. The fraction of sp³-hybridized carbons (Fsp3) is 0.565. The van der Waals surface area contributed by atoms with Gasteiger partial charge in [0.25, 0.3) is 11.8 Å². The molecule has 214 valence electrons. The Kier molecular flexibility index (Phi) is 10.5. The number of β-lactam (4-membered cyclic amide) rings is 1. The first-order valence-corrected chi connectivity index (χ1v) is 13.8. The van der Waals surface area contributed by atoms with Gasteiger partial charge in [-0.15, -0.1) is 23.1 Å². The second-order valence-electron chi connectivity index (χ2n) is 8.81. The van der Waals surface area contributed by atoms with E-state index in [2.05, 4.69) is 15.5 Å². The Labute approximate surface area is 233 Å². The van der Waals surface area contributed by atoms with Crippen LogP contribution in [-0.4, -0.2) is 90.4 Å². The van der Waals surface area contributed by atoms with E-state index < -0.39 is 41.6 Å². The zero-order chi connectivity index (χ0) is 28.7. The number of thiazole rings is 1. The van der Waals surface area contributed by atoms with Crippen molar-refractivity contribution in [1.82, 2.24) is 15.2 Å². The van der Waals surface area contributed by atoms with Crippen molar-refractivity contribution >= 4 is 57.9 Å². The lowest BCUT2D eigenvalue weighted by Gasteiger charge is -2.49. The second-order valence-corrected chi connectivity index (χ2v) is 10.8. The van der Waals surface area contributed by atoms with Crippen LogP contribution in [-0.2, 0) is 38.2 Å². The normalized spacial score (nSPS) is 19.7. The van der Waals surface area contributed by atoms with E-state index >= 15 is 0 Å². The van der Waals surface area contributed by atoms with Crippen molar-refractivity contribution in [3.05, 3.63) is 22.3 Å². The summed E-state index contributed by atoms with van der Waals surface area (Å²) in [6.07, 6.45) is -1.60. The molecule has 14 nitrogen and oxygen atoms in total. The van der Waals surface area contributed by atoms with Gasteiger partial charge in [0.15, 0.2) is 10.8 Å². The Balaban J connectivity index is 1.68. The number of thioether (sulfide) groups is 1. The number of hydrogen-bond acceptors (Lipinski definition) is 14. The van der Waals surface area contributed by atoms with Crippen LogP contribution < -0.4 is 11.1 Å². The number of fused-ring (bicyclic) bond motifs is 1. The predicted molar refractivity (Wildman–Crippen MR) is 141 cm³/mol. The number of nitrogens with two attached hydrogens (primary N) is 1. The van der Waals surface area contributed by atoms with Crippen LogP contribution in [0.15, 0.2) is 21.8 Å². The highest BCUT2D eigenvalue weighted by molar-refractivity contribution is 8.00. The molecule has 0 bridgehead atoms. The molecule has 0 saturated carbocycles. The molecule has 3 heterocycles. The average molecular weight is 586 g/mol. The molecular weight excluding hydrogens is 554 g/mol. The highest BCUT2D eigenvalue weighted by Crippen LogP contribution is 2.41. The molecule has 0 aromatic carbocycles. The van der Waals surface area contributed by atoms with Gasteiger partial charge >= 0.3 is 12.1 Å². The molecule has 0 radical (unpaired) electrons. The maximum absolute atomic E-state index is 13.2. The first-order valence-electron chi connectivity index (χ1n) is 11.9. The number of carbonyl (C=O) groups is 4. The van der Waals surface area contributed by atoms with Crippen LogP contribution >= 0.6 is 23.1 Å². The van der Waals surface area contributed by atoms with E-state index in [9.17, 15) is 19.2 Å². The average Bonchev–Trinajstić information content (AvgIpc) is 3.30. The van der Waals surface area contributed by atoms with E-state index in [4.69, 9.17) is 29.5 Å². The third-order valence-electron chi connectivity index (χ3n) is 5.46. The minimum Gasteiger partial charge on any atom is -0.434 e. The lowest BCUT2D eigenvalue weighted by Crippen LogP contribution is -2.71. The van der Waals surface area contributed by atoms with Crippen LogP contribution in [0.5, 0.6) is 0 Å². The Hall–Kier alpha value is -3.37. The van der Waals surface area contributed by atoms with Gasteiger partial charge in [-0.3, -0.25) is 14.5 Å². The van der Waals surface area contributed by atoms with Crippen LogP contribution in [0.25, 0.3) is 0 Å². The van der Waals surface area contributed by atoms with Gasteiger partial charge in [0.2, 0.25) is 6.29 Å². The summed E-state index contributed by atoms with van der Waals surface area (Å²) in [5.74, 6) is -1.46. The minimum absolute atomic E-state index is 0.0298. The number of rotatable bonds is 12. The van der Waals surface area contributed by atoms with Crippen molar-refractivity contribution in [3.63, 3.8) is 0 Å². The lowest BCUT2D eigenvalue weighted by molar-refractivity contribution is -0.169. The Morgan fingerprint density at radius 3 is 2.62 bits per heavy atom. The number of methoxy groups -OCH3 is 1. The van der Waals surface area contributed by atoms with Crippen molar-refractivity contribution in [3.8, 4) is 0 Å². The molecule has 2 unspecified atom stereocenters. The van der Waals surface area contributed by atoms with Gasteiger partial charge in [0, 0.05) is 25.2 Å². The van der Waals surface area contributed by atoms with Crippen LogP contribution in [0.1, 0.15) is 32.9 Å². The van der Waals surface area contributed by atoms with Crippen molar-refractivity contribution in [1.29, 1.82) is 0 Å². The van der Waals surface area contributed by atoms with E-state index in [0.717, 1.165) is 11.3 Å². The Bertz CT molecular complexity index is 1150. The van der Waals surface area contributed by atoms with Gasteiger partial charge < -0.3 is 34.8 Å². The summed E-state index contributed by atoms with van der Waals surface area (Å²) >= 11 is 2.45. The maximum Gasteiger partial charge on any atom is 0.511 e. The van der Waals surface area contributed by atoms with Crippen molar-refractivity contribution in [2.24, 2.45) is 11.1 Å². The zero-order valence-electron chi connectivity index (χ0n) is 22.1. The standard InChI is InChI=1S/C23H31N5O9S2/c1-11(2)6-7-35-23(32)37-12(3)36-21(31)17-13(8-33-4)9-38-20-16(19(30)28(17)20)26-18(29)15(27-34-5)14-10-39-22(24)25-14/h10-12,16,20H,6-9H2,1-5H3,(H2,24,25)(H,26,29)/b27-15-/t12?,16?,20-/m0/s1. The molecule has 2 amide bonds. The van der Waals surface area contributed by atoms with E-state index in [0.29, 0.717) is 23.7 Å².